The first-order valence-electron chi connectivity index (χ1n) is 10.1. The molecule has 28 heavy (non-hydrogen) atoms. The van der Waals surface area contributed by atoms with E-state index in [-0.39, 0.29) is 11.5 Å². The molecule has 1 aliphatic heterocycles. The summed E-state index contributed by atoms with van der Waals surface area (Å²) in [5.74, 6) is -0.132. The van der Waals surface area contributed by atoms with Crippen LogP contribution in [0.2, 0.25) is 0 Å². The molecule has 5 nitrogen and oxygen atoms in total. The quantitative estimate of drug-likeness (QED) is 0.629. The van der Waals surface area contributed by atoms with Crippen molar-refractivity contribution in [3.05, 3.63) is 70.1 Å². The fourth-order valence-electron chi connectivity index (χ4n) is 3.93. The molecule has 0 atom stereocenters. The summed E-state index contributed by atoms with van der Waals surface area (Å²) in [5.41, 5.74) is 2.38. The largest absolute Gasteiger partial charge is 0.307 e. The van der Waals surface area contributed by atoms with Crippen LogP contribution in [0.3, 0.4) is 0 Å². The summed E-state index contributed by atoms with van der Waals surface area (Å²) >= 11 is 0. The maximum Gasteiger partial charge on any atom is 0.279 e. The lowest BCUT2D eigenvalue weighted by Crippen LogP contribution is -2.37. The van der Waals surface area contributed by atoms with Crippen LogP contribution in [0.5, 0.6) is 0 Å². The Bertz CT molecular complexity index is 1070. The molecular weight excluding hydrogens is 350 g/mol. The molecule has 0 saturated heterocycles. The maximum atomic E-state index is 13.5. The standard InChI is InChI=1S/C23H25N3O2/c1-2-3-8-16-26-22(27)19-13-6-5-12-18(19)21(24-26)23(28)25-15-9-11-17-10-4-7-14-20(17)25/h4-7,10,12-14H,2-3,8-9,11,15-16H2,1H3. The fraction of sp³-hybridized carbons (Fsp3) is 0.348. The monoisotopic (exact) mass is 375 g/mol. The number of hydrogen-bond acceptors (Lipinski definition) is 3. The summed E-state index contributed by atoms with van der Waals surface area (Å²) in [7, 11) is 0. The van der Waals surface area contributed by atoms with Crippen molar-refractivity contribution in [3.63, 3.8) is 0 Å². The van der Waals surface area contributed by atoms with E-state index in [9.17, 15) is 9.59 Å². The number of carbonyl (C=O) groups is 1. The summed E-state index contributed by atoms with van der Waals surface area (Å²) in [6.45, 7) is 3.33. The number of rotatable bonds is 5. The fourth-order valence-corrected chi connectivity index (χ4v) is 3.93. The average Bonchev–Trinajstić information content (AvgIpc) is 2.74. The summed E-state index contributed by atoms with van der Waals surface area (Å²) in [5, 5.41) is 5.72. The second-order valence-corrected chi connectivity index (χ2v) is 7.32. The van der Waals surface area contributed by atoms with Crippen LogP contribution < -0.4 is 10.5 Å². The molecule has 1 amide bonds. The second-order valence-electron chi connectivity index (χ2n) is 7.32. The van der Waals surface area contributed by atoms with Gasteiger partial charge in [0.15, 0.2) is 5.69 Å². The van der Waals surface area contributed by atoms with E-state index in [0.717, 1.165) is 37.8 Å². The number of para-hydroxylation sites is 1. The highest BCUT2D eigenvalue weighted by Crippen LogP contribution is 2.28. The lowest BCUT2D eigenvalue weighted by atomic mass is 10.0. The SMILES string of the molecule is CCCCCn1nc(C(=O)N2CCCc3ccccc32)c2ccccc2c1=O. The van der Waals surface area contributed by atoms with Crippen LogP contribution in [-0.4, -0.2) is 22.2 Å². The van der Waals surface area contributed by atoms with Gasteiger partial charge in [-0.3, -0.25) is 9.59 Å². The van der Waals surface area contributed by atoms with Crippen LogP contribution in [0.1, 0.15) is 48.7 Å². The predicted molar refractivity (Wildman–Crippen MR) is 112 cm³/mol. The Kier molecular flexibility index (Phi) is 5.24. The number of aromatic nitrogens is 2. The molecule has 0 spiro atoms. The van der Waals surface area contributed by atoms with Crippen LogP contribution in [0, 0.1) is 0 Å². The van der Waals surface area contributed by atoms with Gasteiger partial charge in [0, 0.05) is 24.2 Å². The van der Waals surface area contributed by atoms with Crippen molar-refractivity contribution in [3.8, 4) is 0 Å². The van der Waals surface area contributed by atoms with Crippen LogP contribution in [0.15, 0.2) is 53.3 Å². The van der Waals surface area contributed by atoms with Crippen molar-refractivity contribution in [2.24, 2.45) is 0 Å². The van der Waals surface area contributed by atoms with E-state index in [1.807, 2.05) is 41.3 Å². The van der Waals surface area contributed by atoms with Crippen LogP contribution in [0.4, 0.5) is 5.69 Å². The molecule has 144 valence electrons. The van der Waals surface area contributed by atoms with E-state index in [0.29, 0.717) is 29.6 Å². The summed E-state index contributed by atoms with van der Waals surface area (Å²) in [6, 6.07) is 15.3. The smallest absolute Gasteiger partial charge is 0.279 e. The second kappa shape index (κ2) is 7.97. The molecule has 2 heterocycles. The number of aryl methyl sites for hydroxylation is 2. The highest BCUT2D eigenvalue weighted by Gasteiger charge is 2.26. The minimum atomic E-state index is -0.132. The van der Waals surface area contributed by atoms with Gasteiger partial charge in [0.2, 0.25) is 0 Å². The van der Waals surface area contributed by atoms with E-state index in [1.54, 1.807) is 6.07 Å². The number of hydrogen-bond donors (Lipinski definition) is 0. The number of anilines is 1. The predicted octanol–water partition coefficient (Wildman–Crippen LogP) is 4.18. The number of unbranched alkanes of at least 4 members (excludes halogenated alkanes) is 2. The van der Waals surface area contributed by atoms with Gasteiger partial charge in [0.05, 0.1) is 5.39 Å². The first-order chi connectivity index (χ1) is 13.7. The van der Waals surface area contributed by atoms with Gasteiger partial charge in [-0.25, -0.2) is 4.68 Å². The first kappa shape index (κ1) is 18.4. The molecule has 0 radical (unpaired) electrons. The zero-order valence-corrected chi connectivity index (χ0v) is 16.2. The van der Waals surface area contributed by atoms with Gasteiger partial charge in [-0.15, -0.1) is 0 Å². The molecule has 0 bridgehead atoms. The lowest BCUT2D eigenvalue weighted by molar-refractivity contribution is 0.0979. The molecule has 0 saturated carbocycles. The molecule has 0 aliphatic carbocycles. The normalized spacial score (nSPS) is 13.5. The van der Waals surface area contributed by atoms with Crippen molar-refractivity contribution < 1.29 is 4.79 Å². The van der Waals surface area contributed by atoms with Gasteiger partial charge < -0.3 is 4.90 Å². The van der Waals surface area contributed by atoms with E-state index in [2.05, 4.69) is 18.1 Å². The Morgan fingerprint density at radius 3 is 2.61 bits per heavy atom. The van der Waals surface area contributed by atoms with Gasteiger partial charge in [-0.1, -0.05) is 56.2 Å². The molecule has 1 aliphatic rings. The van der Waals surface area contributed by atoms with E-state index >= 15 is 0 Å². The first-order valence-corrected chi connectivity index (χ1v) is 10.1. The molecule has 2 aromatic carbocycles. The number of nitrogens with zero attached hydrogens (tertiary/aromatic N) is 3. The van der Waals surface area contributed by atoms with Crippen molar-refractivity contribution in [2.75, 3.05) is 11.4 Å². The van der Waals surface area contributed by atoms with Gasteiger partial charge in [-0.2, -0.15) is 5.10 Å². The van der Waals surface area contributed by atoms with Crippen molar-refractivity contribution in [1.82, 2.24) is 9.78 Å². The molecule has 3 aromatic rings. The highest BCUT2D eigenvalue weighted by molar-refractivity contribution is 6.12. The van der Waals surface area contributed by atoms with Gasteiger partial charge in [0.1, 0.15) is 0 Å². The van der Waals surface area contributed by atoms with Crippen LogP contribution in [0.25, 0.3) is 10.8 Å². The van der Waals surface area contributed by atoms with Gasteiger partial charge in [-0.05, 0) is 37.0 Å². The number of fused-ring (bicyclic) bond motifs is 2. The molecule has 0 unspecified atom stereocenters. The molecule has 5 heteroatoms. The van der Waals surface area contributed by atoms with Crippen molar-refractivity contribution in [1.29, 1.82) is 0 Å². The maximum absolute atomic E-state index is 13.5. The number of carbonyl (C=O) groups excluding carboxylic acids is 1. The Morgan fingerprint density at radius 1 is 1.04 bits per heavy atom. The summed E-state index contributed by atoms with van der Waals surface area (Å²) in [4.78, 5) is 28.2. The van der Waals surface area contributed by atoms with E-state index in [1.165, 1.54) is 10.2 Å². The van der Waals surface area contributed by atoms with Crippen molar-refractivity contribution in [2.45, 2.75) is 45.6 Å². The summed E-state index contributed by atoms with van der Waals surface area (Å²) in [6.07, 6.45) is 4.88. The summed E-state index contributed by atoms with van der Waals surface area (Å²) < 4.78 is 1.47. The van der Waals surface area contributed by atoms with Crippen LogP contribution >= 0.6 is 0 Å². The number of benzene rings is 2. The lowest BCUT2D eigenvalue weighted by Gasteiger charge is -2.29. The molecule has 4 rings (SSSR count). The molecular formula is C23H25N3O2. The van der Waals surface area contributed by atoms with E-state index < -0.39 is 0 Å². The third kappa shape index (κ3) is 3.33. The molecule has 0 fully saturated rings. The minimum absolute atomic E-state index is 0.123. The van der Waals surface area contributed by atoms with E-state index in [4.69, 9.17) is 0 Å². The topological polar surface area (TPSA) is 55.2 Å². The Labute approximate surface area is 164 Å². The number of amides is 1. The highest BCUT2D eigenvalue weighted by atomic mass is 16.2. The Hall–Kier alpha value is -2.95. The molecule has 1 aromatic heterocycles. The molecule has 0 N–H and O–H groups in total. The zero-order valence-electron chi connectivity index (χ0n) is 16.2. The van der Waals surface area contributed by atoms with Gasteiger partial charge in [0.25, 0.3) is 11.5 Å². The average molecular weight is 375 g/mol. The third-order valence-corrected chi connectivity index (χ3v) is 5.40. The Morgan fingerprint density at radius 2 is 1.79 bits per heavy atom. The minimum Gasteiger partial charge on any atom is -0.307 e. The Balaban J connectivity index is 1.81. The van der Waals surface area contributed by atoms with Crippen LogP contribution in [-0.2, 0) is 13.0 Å². The zero-order chi connectivity index (χ0) is 19.5. The third-order valence-electron chi connectivity index (χ3n) is 5.40. The van der Waals surface area contributed by atoms with Gasteiger partial charge >= 0.3 is 0 Å². The van der Waals surface area contributed by atoms with Crippen molar-refractivity contribution >= 4 is 22.4 Å².